The number of carbonyl (C=O) groups excluding carboxylic acids is 3. The fraction of sp³-hybridized carbons (Fsp3) is 0.483. The topological polar surface area (TPSA) is 253 Å². The number of hydrogen-bond donors (Lipinski definition) is 1. The standard InChI is InChI=1S/C60H65ClF10N9O12PS2/c1-54(2,3)90-52(82)32-24-33(29-89-93(84,91-55(4,5)6)92-56(7,8)9)50(72-27-32)77(12)53(83)80(95(14,87)88)51-45-41(61)18-17-38(47(45)79(76-51)30-58(64,65)66)37-16-15-36(19-20-57(10,11)94(13,85)86)73-46(37)42(23-31-21-34(62)25-35(63)22-31)74-43(81)28-78-49-44(48(75-78)60(69,70)71)39-26-40(39)59(49,67)68/h15-18,21-22,24-25,27,39-40,42H,23,26,28-30H2,1-14H3,(H,74,81)/t39-,40+,42-/m0/s1. The summed E-state index contributed by atoms with van der Waals surface area (Å²) in [4.78, 5) is 52.6. The summed E-state index contributed by atoms with van der Waals surface area (Å²) < 4.78 is 241. The number of rotatable bonds is 18. The van der Waals surface area contributed by atoms with E-state index >= 15 is 35.5 Å². The molecule has 4 heterocycles. The van der Waals surface area contributed by atoms with E-state index in [2.05, 4.69) is 37.3 Å². The summed E-state index contributed by atoms with van der Waals surface area (Å²) in [7, 11) is -12.8. The number of anilines is 2. The maximum absolute atomic E-state index is 15.8. The molecule has 95 heavy (non-hydrogen) atoms. The van der Waals surface area contributed by atoms with E-state index in [1.54, 1.807) is 20.8 Å². The predicted octanol–water partition coefficient (Wildman–Crippen LogP) is 12.9. The van der Waals surface area contributed by atoms with Crippen LogP contribution in [0.1, 0.15) is 144 Å². The number of nitrogens with zero attached hydrogens (tertiary/aromatic N) is 8. The lowest BCUT2D eigenvalue weighted by molar-refractivity contribution is -0.143. The van der Waals surface area contributed by atoms with Crippen molar-refractivity contribution in [3.63, 3.8) is 0 Å². The van der Waals surface area contributed by atoms with Gasteiger partial charge in [0.1, 0.15) is 52.3 Å². The highest BCUT2D eigenvalue weighted by atomic mass is 35.5. The van der Waals surface area contributed by atoms with Crippen molar-refractivity contribution < 1.29 is 98.0 Å². The number of phosphoric acid groups is 1. The second kappa shape index (κ2) is 25.3. The highest BCUT2D eigenvalue weighted by Crippen LogP contribution is 2.68. The Morgan fingerprint density at radius 1 is 0.832 bits per heavy atom. The van der Waals surface area contributed by atoms with Gasteiger partial charge in [-0.3, -0.25) is 32.6 Å². The van der Waals surface area contributed by atoms with E-state index in [1.807, 2.05) is 0 Å². The normalized spacial score (nSPS) is 16.4. The minimum Gasteiger partial charge on any atom is -0.456 e. The molecule has 0 bridgehead atoms. The Balaban J connectivity index is 1.35. The highest BCUT2D eigenvalue weighted by molar-refractivity contribution is 7.93. The van der Waals surface area contributed by atoms with Crippen LogP contribution in [-0.4, -0.2) is 112 Å². The first-order valence-electron chi connectivity index (χ1n) is 28.6. The van der Waals surface area contributed by atoms with Gasteiger partial charge in [0.05, 0.1) is 57.3 Å². The number of esters is 1. The number of halogens is 11. The molecule has 35 heteroatoms. The molecule has 21 nitrogen and oxygen atoms in total. The number of nitrogens with one attached hydrogen (secondary N) is 1. The van der Waals surface area contributed by atoms with Gasteiger partial charge < -0.3 is 10.1 Å². The summed E-state index contributed by atoms with van der Waals surface area (Å²) in [6.07, 6.45) is -9.37. The van der Waals surface area contributed by atoms with Crippen molar-refractivity contribution in [2.24, 2.45) is 5.92 Å². The van der Waals surface area contributed by atoms with Gasteiger partial charge in [-0.15, -0.1) is 0 Å². The van der Waals surface area contributed by atoms with Crippen molar-refractivity contribution in [2.75, 3.05) is 28.8 Å². The fourth-order valence-electron chi connectivity index (χ4n) is 10.3. The molecule has 516 valence electrons. The molecule has 0 unspecified atom stereocenters. The smallest absolute Gasteiger partial charge is 0.456 e. The van der Waals surface area contributed by atoms with E-state index in [0.717, 1.165) is 62.0 Å². The van der Waals surface area contributed by atoms with Crippen LogP contribution in [0.4, 0.5) is 60.3 Å². The first-order chi connectivity index (χ1) is 43.2. The third-order valence-corrected chi connectivity index (χ3v) is 19.6. The zero-order chi connectivity index (χ0) is 71.3. The van der Waals surface area contributed by atoms with Gasteiger partial charge >= 0.3 is 32.2 Å². The van der Waals surface area contributed by atoms with Crippen molar-refractivity contribution in [3.8, 4) is 23.0 Å². The van der Waals surface area contributed by atoms with Gasteiger partial charge in [0.25, 0.3) is 5.92 Å². The Morgan fingerprint density at radius 2 is 1.43 bits per heavy atom. The highest BCUT2D eigenvalue weighted by Gasteiger charge is 2.68. The molecule has 8 rings (SSSR count). The average molecular weight is 1420 g/mol. The number of sulfonamides is 1. The largest absolute Gasteiger partial charge is 0.476 e. The van der Waals surface area contributed by atoms with E-state index in [1.165, 1.54) is 55.4 Å². The van der Waals surface area contributed by atoms with Crippen LogP contribution in [0.25, 0.3) is 22.0 Å². The second-order valence-corrected chi connectivity index (χ2v) is 32.5. The zero-order valence-corrected chi connectivity index (χ0v) is 56.6. The lowest BCUT2D eigenvalue weighted by Gasteiger charge is -2.31. The van der Waals surface area contributed by atoms with Crippen LogP contribution >= 0.6 is 19.4 Å². The molecule has 4 aromatic heterocycles. The van der Waals surface area contributed by atoms with Crippen LogP contribution in [-0.2, 0) is 85.7 Å². The number of phosphoric ester groups is 1. The van der Waals surface area contributed by atoms with Crippen molar-refractivity contribution >= 4 is 79.7 Å². The van der Waals surface area contributed by atoms with Crippen molar-refractivity contribution in [1.29, 1.82) is 0 Å². The molecular weight excluding hydrogens is 1360 g/mol. The molecule has 2 aliphatic rings. The van der Waals surface area contributed by atoms with Crippen molar-refractivity contribution in [1.82, 2.24) is 34.8 Å². The van der Waals surface area contributed by atoms with Gasteiger partial charge in [-0.25, -0.2) is 49.7 Å². The lowest BCUT2D eigenvalue weighted by atomic mass is 9.93. The van der Waals surface area contributed by atoms with Gasteiger partial charge in [-0.05, 0) is 143 Å². The van der Waals surface area contributed by atoms with Crippen LogP contribution in [0, 0.1) is 29.4 Å². The molecule has 2 aliphatic carbocycles. The number of sulfone groups is 1. The van der Waals surface area contributed by atoms with Crippen molar-refractivity contribution in [2.45, 2.75) is 160 Å². The third kappa shape index (κ3) is 16.8. The number of benzene rings is 2. The lowest BCUT2D eigenvalue weighted by Crippen LogP contribution is -2.45. The van der Waals surface area contributed by atoms with Gasteiger partial charge in [0, 0.05) is 53.7 Å². The Kier molecular flexibility index (Phi) is 19.6. The molecule has 1 N–H and O–H groups in total. The maximum Gasteiger partial charge on any atom is 0.476 e. The molecule has 0 radical (unpaired) electrons. The average Bonchev–Trinajstić information content (AvgIpc) is 1.52. The summed E-state index contributed by atoms with van der Waals surface area (Å²) >= 11 is 6.88. The number of amides is 3. The molecule has 1 fully saturated rings. The molecule has 0 aliphatic heterocycles. The Hall–Kier alpha value is -7.21. The Bertz CT molecular complexity index is 4400. The van der Waals surface area contributed by atoms with Crippen LogP contribution in [0.3, 0.4) is 0 Å². The molecule has 0 saturated heterocycles. The minimum absolute atomic E-state index is 0.0472. The first-order valence-corrected chi connectivity index (χ1v) is 34.2. The predicted molar refractivity (Wildman–Crippen MR) is 327 cm³/mol. The number of carbonyl (C=O) groups is 3. The van der Waals surface area contributed by atoms with Crippen LogP contribution in [0.2, 0.25) is 5.02 Å². The molecule has 1 saturated carbocycles. The number of fused-ring (bicyclic) bond motifs is 4. The van der Waals surface area contributed by atoms with E-state index in [9.17, 15) is 44.2 Å². The fourth-order valence-corrected chi connectivity index (χ4v) is 13.4. The molecule has 0 spiro atoms. The van der Waals surface area contributed by atoms with Gasteiger partial charge in [-0.1, -0.05) is 23.6 Å². The number of alkyl halides is 8. The third-order valence-electron chi connectivity index (χ3n) is 14.3. The van der Waals surface area contributed by atoms with E-state index in [4.69, 9.17) is 29.9 Å². The molecular formula is C60H65ClF10N9O12PS2. The van der Waals surface area contributed by atoms with Crippen LogP contribution < -0.4 is 14.5 Å². The minimum atomic E-state index is -5.27. The van der Waals surface area contributed by atoms with E-state index in [-0.39, 0.29) is 48.0 Å². The van der Waals surface area contributed by atoms with Crippen LogP contribution in [0.5, 0.6) is 0 Å². The molecule has 2 aromatic carbocycles. The van der Waals surface area contributed by atoms with E-state index < -0.39 is 197 Å². The summed E-state index contributed by atoms with van der Waals surface area (Å²) in [5.41, 5.74) is -10.5. The van der Waals surface area contributed by atoms with Crippen LogP contribution in [0.15, 0.2) is 54.7 Å². The quantitative estimate of drug-likeness (QED) is 0.0363. The number of aromatic nitrogens is 6. The zero-order valence-electron chi connectivity index (χ0n) is 53.4. The summed E-state index contributed by atoms with van der Waals surface area (Å²) in [6, 6.07) is 3.89. The van der Waals surface area contributed by atoms with Gasteiger partial charge in [0.2, 0.25) is 15.9 Å². The maximum atomic E-state index is 15.8. The first kappa shape index (κ1) is 73.6. The molecule has 6 aromatic rings. The van der Waals surface area contributed by atoms with Gasteiger partial charge in [0.15, 0.2) is 21.3 Å². The number of ether oxygens (including phenoxy) is 1. The van der Waals surface area contributed by atoms with Crippen molar-refractivity contribution in [3.05, 3.63) is 116 Å². The SMILES string of the molecule is CN(C(=O)N(c1nn(CC(F)(F)F)c2c(-c3ccc(C#CC(C)(C)S(C)(=O)=O)nc3[C@H](Cc3cc(F)cc(F)c3)NC(=O)Cn3nc(C(F)(F)F)c4c3C(F)(F)[C@@H]3C[C@H]43)ccc(Cl)c12)S(C)(=O)=O)c1ncc(C(=O)OC(C)(C)C)cc1COP(=O)(OC(C)(C)C)OC(C)(C)C. The number of pyridine rings is 2. The van der Waals surface area contributed by atoms with Gasteiger partial charge in [-0.2, -0.15) is 49.6 Å². The summed E-state index contributed by atoms with van der Waals surface area (Å²) in [5, 5.41) is 8.60. The summed E-state index contributed by atoms with van der Waals surface area (Å²) in [6.45, 7) is 12.0. The number of urea groups is 1. The monoisotopic (exact) mass is 1420 g/mol. The summed E-state index contributed by atoms with van der Waals surface area (Å²) in [5.74, 6) is -7.94. The molecule has 3 atom stereocenters. The molecule has 3 amide bonds. The Labute approximate surface area is 544 Å². The number of hydrogen-bond acceptors (Lipinski definition) is 16. The second-order valence-electron chi connectivity index (χ2n) is 26.2. The van der Waals surface area contributed by atoms with E-state index in [0.29, 0.717) is 17.2 Å². The Morgan fingerprint density at radius 3 is 1.98 bits per heavy atom.